The number of carboxylic acid groups (broad SMARTS) is 1. The number of aromatic hydroxyl groups is 2. The number of carbonyl (C=O) groups excluding carboxylic acids is 1. The second kappa shape index (κ2) is 5.87. The lowest BCUT2D eigenvalue weighted by Crippen LogP contribution is -2.29. The van der Waals surface area contributed by atoms with E-state index in [2.05, 4.69) is 0 Å². The molecule has 0 radical (unpaired) electrons. The molecule has 2 aromatic rings. The van der Waals surface area contributed by atoms with Crippen LogP contribution in [0.4, 0.5) is 0 Å². The number of benzene rings is 2. The van der Waals surface area contributed by atoms with Gasteiger partial charge in [-0.3, -0.25) is 0 Å². The molecule has 0 fully saturated rings. The fourth-order valence-corrected chi connectivity index (χ4v) is 2.47. The average molecular weight is 285 g/mol. The molecule has 0 aliphatic carbocycles. The van der Waals surface area contributed by atoms with Crippen molar-refractivity contribution in [3.8, 4) is 11.5 Å². The zero-order valence-corrected chi connectivity index (χ0v) is 11.7. The van der Waals surface area contributed by atoms with Crippen LogP contribution >= 0.6 is 0 Å². The number of hydrogen-bond acceptors (Lipinski definition) is 4. The van der Waals surface area contributed by atoms with E-state index in [1.165, 1.54) is 0 Å². The van der Waals surface area contributed by atoms with E-state index in [1.54, 1.807) is 48.5 Å². The molecule has 0 unspecified atom stereocenters. The second-order valence-electron chi connectivity index (χ2n) is 5.30. The van der Waals surface area contributed by atoms with Gasteiger partial charge >= 0.3 is 0 Å². The number of phenolic OH excluding ortho intramolecular Hbond substituents is 2. The van der Waals surface area contributed by atoms with Crippen LogP contribution in [0.5, 0.6) is 11.5 Å². The highest BCUT2D eigenvalue weighted by Crippen LogP contribution is 2.37. The lowest BCUT2D eigenvalue weighted by Gasteiger charge is -2.31. The molecule has 0 aliphatic heterocycles. The van der Waals surface area contributed by atoms with E-state index < -0.39 is 11.4 Å². The minimum absolute atomic E-state index is 0.0712. The first-order chi connectivity index (χ1) is 9.91. The zero-order valence-electron chi connectivity index (χ0n) is 11.7. The third-order valence-electron chi connectivity index (χ3n) is 3.84. The number of aliphatic carboxylic acids is 1. The third-order valence-corrected chi connectivity index (χ3v) is 3.84. The molecule has 0 aliphatic rings. The van der Waals surface area contributed by atoms with Gasteiger partial charge in [-0.25, -0.2) is 0 Å². The van der Waals surface area contributed by atoms with Gasteiger partial charge in [-0.15, -0.1) is 0 Å². The van der Waals surface area contributed by atoms with Crippen LogP contribution in [0.25, 0.3) is 0 Å². The molecule has 0 bridgehead atoms. The first kappa shape index (κ1) is 14.9. The summed E-state index contributed by atoms with van der Waals surface area (Å²) in [7, 11) is 0. The summed E-state index contributed by atoms with van der Waals surface area (Å²) < 4.78 is 0. The molecule has 2 N–H and O–H groups in total. The lowest BCUT2D eigenvalue weighted by molar-refractivity contribution is -0.306. The monoisotopic (exact) mass is 285 g/mol. The Morgan fingerprint density at radius 1 is 0.952 bits per heavy atom. The first-order valence-electron chi connectivity index (χ1n) is 6.71. The van der Waals surface area contributed by atoms with Crippen molar-refractivity contribution < 1.29 is 20.1 Å². The molecule has 4 heteroatoms. The summed E-state index contributed by atoms with van der Waals surface area (Å²) in [5, 5.41) is 29.6. The van der Waals surface area contributed by atoms with Crippen LogP contribution in [-0.4, -0.2) is 16.2 Å². The van der Waals surface area contributed by atoms with E-state index >= 15 is 0 Å². The van der Waals surface area contributed by atoms with Crippen LogP contribution in [0.1, 0.15) is 30.9 Å². The fourth-order valence-electron chi connectivity index (χ4n) is 2.47. The summed E-state index contributed by atoms with van der Waals surface area (Å²) in [6.45, 7) is 1.94. The Morgan fingerprint density at radius 3 is 1.67 bits per heavy atom. The van der Waals surface area contributed by atoms with Gasteiger partial charge in [0.1, 0.15) is 11.5 Å². The predicted molar refractivity (Wildman–Crippen MR) is 76.9 cm³/mol. The molecule has 0 aromatic heterocycles. The van der Waals surface area contributed by atoms with E-state index in [9.17, 15) is 20.1 Å². The van der Waals surface area contributed by atoms with Crippen LogP contribution < -0.4 is 5.11 Å². The van der Waals surface area contributed by atoms with Crippen molar-refractivity contribution in [2.24, 2.45) is 0 Å². The maximum Gasteiger partial charge on any atom is 0.115 e. The number of rotatable bonds is 5. The SMILES string of the molecule is CC(CCC(=O)[O-])(c1ccc(O)cc1)c1ccc(O)cc1. The third kappa shape index (κ3) is 3.34. The lowest BCUT2D eigenvalue weighted by atomic mass is 9.73. The molecule has 2 aromatic carbocycles. The van der Waals surface area contributed by atoms with Crippen molar-refractivity contribution in [3.63, 3.8) is 0 Å². The zero-order chi connectivity index (χ0) is 15.5. The van der Waals surface area contributed by atoms with Crippen molar-refractivity contribution in [3.05, 3.63) is 59.7 Å². The van der Waals surface area contributed by atoms with Crippen molar-refractivity contribution in [2.75, 3.05) is 0 Å². The Bertz CT molecular complexity index is 569. The van der Waals surface area contributed by atoms with Crippen LogP contribution in [0, 0.1) is 0 Å². The van der Waals surface area contributed by atoms with E-state index in [-0.39, 0.29) is 17.9 Å². The minimum atomic E-state index is -1.10. The van der Waals surface area contributed by atoms with Crippen molar-refractivity contribution in [1.29, 1.82) is 0 Å². The van der Waals surface area contributed by atoms with Gasteiger partial charge in [-0.2, -0.15) is 0 Å². The van der Waals surface area contributed by atoms with Gasteiger partial charge in [-0.05, 0) is 48.2 Å². The highest BCUT2D eigenvalue weighted by Gasteiger charge is 2.28. The standard InChI is InChI=1S/C17H18O4/c1-17(11-10-16(20)21,12-2-6-14(18)7-3-12)13-4-8-15(19)9-5-13/h2-9,18-19H,10-11H2,1H3,(H,20,21)/p-1. The quantitative estimate of drug-likeness (QED) is 0.879. The van der Waals surface area contributed by atoms with Crippen molar-refractivity contribution >= 4 is 5.97 Å². The van der Waals surface area contributed by atoms with Gasteiger partial charge in [-0.1, -0.05) is 31.2 Å². The van der Waals surface area contributed by atoms with Crippen LogP contribution in [0.15, 0.2) is 48.5 Å². The van der Waals surface area contributed by atoms with Crippen LogP contribution in [-0.2, 0) is 10.2 Å². The number of hydrogen-bond donors (Lipinski definition) is 2. The minimum Gasteiger partial charge on any atom is -0.550 e. The van der Waals surface area contributed by atoms with E-state index in [1.807, 2.05) is 6.92 Å². The maximum absolute atomic E-state index is 10.8. The number of carboxylic acids is 1. The predicted octanol–water partition coefficient (Wildman–Crippen LogP) is 1.93. The van der Waals surface area contributed by atoms with Gasteiger partial charge in [0, 0.05) is 11.4 Å². The first-order valence-corrected chi connectivity index (χ1v) is 6.71. The molecular weight excluding hydrogens is 268 g/mol. The largest absolute Gasteiger partial charge is 0.550 e. The fraction of sp³-hybridized carbons (Fsp3) is 0.235. The smallest absolute Gasteiger partial charge is 0.115 e. The Hall–Kier alpha value is -2.49. The molecule has 0 saturated carbocycles. The summed E-state index contributed by atoms with van der Waals surface area (Å²) in [5.74, 6) is -0.780. The van der Waals surface area contributed by atoms with Crippen LogP contribution in [0.2, 0.25) is 0 Å². The van der Waals surface area contributed by atoms with Crippen LogP contribution in [0.3, 0.4) is 0 Å². The van der Waals surface area contributed by atoms with Gasteiger partial charge in [0.15, 0.2) is 0 Å². The molecule has 21 heavy (non-hydrogen) atoms. The molecular formula is C17H17O4-. The summed E-state index contributed by atoms with van der Waals surface area (Å²) >= 11 is 0. The Morgan fingerprint density at radius 2 is 1.33 bits per heavy atom. The van der Waals surface area contributed by atoms with Gasteiger partial charge in [0.05, 0.1) is 0 Å². The van der Waals surface area contributed by atoms with Gasteiger partial charge in [0.2, 0.25) is 0 Å². The van der Waals surface area contributed by atoms with E-state index in [0.29, 0.717) is 6.42 Å². The topological polar surface area (TPSA) is 80.6 Å². The molecule has 4 nitrogen and oxygen atoms in total. The summed E-state index contributed by atoms with van der Waals surface area (Å²) in [6.07, 6.45) is 0.295. The average Bonchev–Trinajstić information content (AvgIpc) is 2.46. The number of carbonyl (C=O) groups is 1. The Labute approximate surface area is 123 Å². The van der Waals surface area contributed by atoms with Gasteiger partial charge < -0.3 is 20.1 Å². The second-order valence-corrected chi connectivity index (χ2v) is 5.30. The maximum atomic E-state index is 10.8. The van der Waals surface area contributed by atoms with Crippen molar-refractivity contribution in [1.82, 2.24) is 0 Å². The van der Waals surface area contributed by atoms with Crippen molar-refractivity contribution in [2.45, 2.75) is 25.2 Å². The highest BCUT2D eigenvalue weighted by molar-refractivity contribution is 5.64. The number of phenols is 2. The van der Waals surface area contributed by atoms with E-state index in [4.69, 9.17) is 0 Å². The highest BCUT2D eigenvalue weighted by atomic mass is 16.4. The summed E-state index contributed by atoms with van der Waals surface area (Å²) in [4.78, 5) is 10.8. The van der Waals surface area contributed by atoms with E-state index in [0.717, 1.165) is 11.1 Å². The molecule has 0 spiro atoms. The molecule has 2 rings (SSSR count). The summed E-state index contributed by atoms with van der Waals surface area (Å²) in [5.41, 5.74) is 1.25. The molecule has 0 heterocycles. The summed E-state index contributed by atoms with van der Waals surface area (Å²) in [6, 6.07) is 13.4. The Kier molecular flexibility index (Phi) is 4.17. The molecule has 0 saturated heterocycles. The Balaban J connectivity index is 2.44. The van der Waals surface area contributed by atoms with Gasteiger partial charge in [0.25, 0.3) is 0 Å². The normalized spacial score (nSPS) is 11.3. The molecule has 110 valence electrons. The molecule has 0 amide bonds. The molecule has 0 atom stereocenters.